The van der Waals surface area contributed by atoms with Crippen molar-refractivity contribution < 1.29 is 13.2 Å². The molecule has 1 aromatic rings. The van der Waals surface area contributed by atoms with E-state index < -0.39 is 15.4 Å². The summed E-state index contributed by atoms with van der Waals surface area (Å²) in [6.45, 7) is 0. The van der Waals surface area contributed by atoms with Crippen molar-refractivity contribution in [3.8, 4) is 6.07 Å². The van der Waals surface area contributed by atoms with Crippen LogP contribution in [0.3, 0.4) is 0 Å². The fraction of sp³-hybridized carbons (Fsp3) is 0.542. The van der Waals surface area contributed by atoms with E-state index in [1.54, 1.807) is 0 Å². The fourth-order valence-corrected chi connectivity index (χ4v) is 6.55. The molecule has 4 aliphatic carbocycles. The van der Waals surface area contributed by atoms with Crippen LogP contribution < -0.4 is 4.72 Å². The van der Waals surface area contributed by atoms with Gasteiger partial charge < -0.3 is 0 Å². The lowest BCUT2D eigenvalue weighted by atomic mass is 9.88. The lowest BCUT2D eigenvalue weighted by Crippen LogP contribution is -2.39. The number of sulfonamides is 1. The number of Topliss-reactive ketones (excluding diaryl/α,β-unsaturated/α-hetero) is 1. The molecule has 7 heteroatoms. The Morgan fingerprint density at radius 1 is 1.29 bits per heavy atom. The number of hydrogen-bond acceptors (Lipinski definition) is 5. The van der Waals surface area contributed by atoms with E-state index in [0.717, 1.165) is 54.6 Å². The number of pyridine rings is 1. The second-order valence-electron chi connectivity index (χ2n) is 9.52. The first kappa shape index (κ1) is 20.6. The van der Waals surface area contributed by atoms with Gasteiger partial charge in [-0.25, -0.2) is 13.1 Å². The van der Waals surface area contributed by atoms with Gasteiger partial charge in [0.15, 0.2) is 0 Å². The van der Waals surface area contributed by atoms with E-state index in [4.69, 9.17) is 4.98 Å². The van der Waals surface area contributed by atoms with Crippen LogP contribution in [-0.4, -0.2) is 31.0 Å². The number of nitrogens with one attached hydrogen (secondary N) is 1. The zero-order valence-corrected chi connectivity index (χ0v) is 18.4. The van der Waals surface area contributed by atoms with E-state index in [1.165, 1.54) is 5.57 Å². The molecule has 0 amide bonds. The lowest BCUT2D eigenvalue weighted by molar-refractivity contribution is -0.119. The normalized spacial score (nSPS) is 23.7. The van der Waals surface area contributed by atoms with Gasteiger partial charge in [0, 0.05) is 36.1 Å². The lowest BCUT2D eigenvalue weighted by Gasteiger charge is -2.24. The smallest absolute Gasteiger partial charge is 0.213 e. The Bertz CT molecular complexity index is 1140. The summed E-state index contributed by atoms with van der Waals surface area (Å²) in [7, 11) is -3.46. The Hall–Kier alpha value is -2.30. The van der Waals surface area contributed by atoms with Gasteiger partial charge in [-0.1, -0.05) is 18.2 Å². The van der Waals surface area contributed by atoms with Gasteiger partial charge in [0.25, 0.3) is 0 Å². The summed E-state index contributed by atoms with van der Waals surface area (Å²) in [5, 5.41) is 9.19. The maximum Gasteiger partial charge on any atom is 0.213 e. The van der Waals surface area contributed by atoms with Crippen LogP contribution in [0.1, 0.15) is 67.5 Å². The summed E-state index contributed by atoms with van der Waals surface area (Å²) in [5.41, 5.74) is 4.70. The molecular formula is C24H27N3O3S. The Morgan fingerprint density at radius 3 is 2.74 bits per heavy atom. The Kier molecular flexibility index (Phi) is 5.10. The first-order valence-corrected chi connectivity index (χ1v) is 12.8. The van der Waals surface area contributed by atoms with Crippen molar-refractivity contribution in [3.63, 3.8) is 0 Å². The quantitative estimate of drug-likeness (QED) is 0.672. The van der Waals surface area contributed by atoms with Gasteiger partial charge in [0.2, 0.25) is 10.0 Å². The molecule has 0 spiro atoms. The molecule has 6 nitrogen and oxygen atoms in total. The molecule has 0 radical (unpaired) electrons. The molecule has 1 heterocycles. The van der Waals surface area contributed by atoms with E-state index in [1.807, 2.05) is 0 Å². The summed E-state index contributed by atoms with van der Waals surface area (Å²) >= 11 is 0. The highest BCUT2D eigenvalue weighted by Gasteiger charge is 2.47. The maximum absolute atomic E-state index is 12.5. The highest BCUT2D eigenvalue weighted by Crippen LogP contribution is 2.46. The molecule has 2 fully saturated rings. The molecule has 162 valence electrons. The molecule has 1 aromatic heterocycles. The van der Waals surface area contributed by atoms with Crippen LogP contribution in [0.15, 0.2) is 18.2 Å². The minimum Gasteiger partial charge on any atom is -0.299 e. The molecular weight excluding hydrogens is 410 g/mol. The molecule has 5 rings (SSSR count). The van der Waals surface area contributed by atoms with Crippen LogP contribution >= 0.6 is 0 Å². The van der Waals surface area contributed by atoms with Crippen molar-refractivity contribution in [2.75, 3.05) is 5.75 Å². The van der Waals surface area contributed by atoms with E-state index in [9.17, 15) is 18.5 Å². The Balaban J connectivity index is 1.30. The van der Waals surface area contributed by atoms with Crippen molar-refractivity contribution in [1.29, 1.82) is 5.26 Å². The minimum atomic E-state index is -3.46. The van der Waals surface area contributed by atoms with Gasteiger partial charge >= 0.3 is 0 Å². The van der Waals surface area contributed by atoms with Crippen LogP contribution in [0, 0.1) is 22.7 Å². The molecule has 0 bridgehead atoms. The van der Waals surface area contributed by atoms with Crippen molar-refractivity contribution in [1.82, 2.24) is 9.71 Å². The number of hydrogen-bond donors (Lipinski definition) is 1. The van der Waals surface area contributed by atoms with E-state index in [-0.39, 0.29) is 17.7 Å². The summed E-state index contributed by atoms with van der Waals surface area (Å²) in [5.74, 6) is 0.433. The van der Waals surface area contributed by atoms with E-state index in [2.05, 4.69) is 35.1 Å². The second kappa shape index (κ2) is 7.68. The number of nitriles is 1. The van der Waals surface area contributed by atoms with Crippen molar-refractivity contribution in [2.45, 2.75) is 63.8 Å². The number of allylic oxidation sites excluding steroid dienone is 2. The van der Waals surface area contributed by atoms with Crippen LogP contribution in [0.4, 0.5) is 0 Å². The molecule has 1 N–H and O–H groups in total. The van der Waals surface area contributed by atoms with Gasteiger partial charge in [-0.15, -0.1) is 0 Å². The number of ketones is 1. The number of carbonyl (C=O) groups is 1. The molecule has 1 atom stereocenters. The first-order chi connectivity index (χ1) is 14.9. The molecule has 31 heavy (non-hydrogen) atoms. The fourth-order valence-electron chi connectivity index (χ4n) is 4.66. The van der Waals surface area contributed by atoms with E-state index in [0.29, 0.717) is 31.5 Å². The first-order valence-electron chi connectivity index (χ1n) is 11.2. The molecule has 0 aliphatic heterocycles. The van der Waals surface area contributed by atoms with Crippen LogP contribution in [-0.2, 0) is 27.7 Å². The molecule has 0 aromatic carbocycles. The number of nitrogens with zero attached hydrogens (tertiary/aromatic N) is 2. The topological polar surface area (TPSA) is 99.9 Å². The molecule has 2 saturated carbocycles. The highest BCUT2D eigenvalue weighted by molar-refractivity contribution is 7.89. The third-order valence-electron chi connectivity index (χ3n) is 6.83. The van der Waals surface area contributed by atoms with Crippen LogP contribution in [0.25, 0.3) is 11.6 Å². The predicted molar refractivity (Wildman–Crippen MR) is 118 cm³/mol. The number of fused-ring (bicyclic) bond motifs is 1. The van der Waals surface area contributed by atoms with Gasteiger partial charge in [-0.2, -0.15) is 5.26 Å². The summed E-state index contributed by atoms with van der Waals surface area (Å²) < 4.78 is 27.8. The van der Waals surface area contributed by atoms with Crippen molar-refractivity contribution >= 4 is 27.5 Å². The van der Waals surface area contributed by atoms with Crippen molar-refractivity contribution in [2.24, 2.45) is 11.3 Å². The van der Waals surface area contributed by atoms with Gasteiger partial charge in [-0.3, -0.25) is 9.78 Å². The summed E-state index contributed by atoms with van der Waals surface area (Å²) in [4.78, 5) is 17.0. The number of rotatable bonds is 8. The molecule has 0 saturated heterocycles. The average molecular weight is 438 g/mol. The third-order valence-corrected chi connectivity index (χ3v) is 8.46. The minimum absolute atomic E-state index is 0.0926. The van der Waals surface area contributed by atoms with Gasteiger partial charge in [0.05, 0.1) is 22.9 Å². The zero-order valence-electron chi connectivity index (χ0n) is 17.6. The monoisotopic (exact) mass is 437 g/mol. The Morgan fingerprint density at radius 2 is 2.10 bits per heavy atom. The second-order valence-corrected chi connectivity index (χ2v) is 11.3. The van der Waals surface area contributed by atoms with Gasteiger partial charge in [-0.05, 0) is 62.1 Å². The standard InChI is InChI=1S/C24H27N3O3S/c25-14-24(10-11-24)15-31(29,30)27-18-8-6-16(7-9-18)21-12-19(13-23(28)17-4-5-17)26-22-3-1-2-20(21)22/h1-2,6,12,17-18,27H,3-5,7-11,13,15H2. The average Bonchev–Trinajstić information content (AvgIpc) is 3.66. The van der Waals surface area contributed by atoms with Crippen molar-refractivity contribution in [3.05, 3.63) is 40.7 Å². The summed E-state index contributed by atoms with van der Waals surface area (Å²) in [6, 6.07) is 4.09. The maximum atomic E-state index is 12.5. The largest absolute Gasteiger partial charge is 0.299 e. The van der Waals surface area contributed by atoms with Crippen LogP contribution in [0.5, 0.6) is 0 Å². The van der Waals surface area contributed by atoms with Gasteiger partial charge in [0.1, 0.15) is 5.78 Å². The predicted octanol–water partition coefficient (Wildman–Crippen LogP) is 3.33. The zero-order chi connectivity index (χ0) is 21.6. The highest BCUT2D eigenvalue weighted by atomic mass is 32.2. The molecule has 4 aliphatic rings. The SMILES string of the molecule is N#CC1(CS(=O)(=O)NC2CC=C(c3cc(CC(=O)C4CC4)nc4c3C=CC4)CC2)CC1. The number of aromatic nitrogens is 1. The summed E-state index contributed by atoms with van der Waals surface area (Å²) in [6.07, 6.45) is 13.0. The van der Waals surface area contributed by atoms with Crippen LogP contribution in [0.2, 0.25) is 0 Å². The molecule has 1 unspecified atom stereocenters. The third kappa shape index (κ3) is 4.51. The van der Waals surface area contributed by atoms with E-state index >= 15 is 0 Å². The Labute approximate surface area is 183 Å². The number of carbonyl (C=O) groups excluding carboxylic acids is 1.